The first-order valence-electron chi connectivity index (χ1n) is 7.13. The molecule has 5 heteroatoms. The monoisotopic (exact) mass is 303 g/mol. The van der Waals surface area contributed by atoms with Crippen molar-refractivity contribution in [3.05, 3.63) is 52.3 Å². The number of hydrogen-bond acceptors (Lipinski definition) is 2. The lowest BCUT2D eigenvalue weighted by Gasteiger charge is -2.25. The van der Waals surface area contributed by atoms with Crippen molar-refractivity contribution in [3.8, 4) is 0 Å². The van der Waals surface area contributed by atoms with Crippen LogP contribution in [0.2, 0.25) is 5.02 Å². The molecule has 0 saturated carbocycles. The van der Waals surface area contributed by atoms with Crippen LogP contribution in [0.15, 0.2) is 30.5 Å². The zero-order valence-electron chi connectivity index (χ0n) is 12.2. The van der Waals surface area contributed by atoms with Crippen LogP contribution in [-0.2, 0) is 7.05 Å². The topological polar surface area (TPSA) is 38.1 Å². The van der Waals surface area contributed by atoms with Gasteiger partial charge in [-0.1, -0.05) is 41.4 Å². The molecule has 1 saturated heterocycles. The molecule has 1 fully saturated rings. The molecule has 21 heavy (non-hydrogen) atoms. The zero-order valence-corrected chi connectivity index (χ0v) is 13.0. The van der Waals surface area contributed by atoms with E-state index in [1.54, 1.807) is 11.7 Å². The van der Waals surface area contributed by atoms with Crippen LogP contribution in [0.4, 0.5) is 0 Å². The molecular weight excluding hydrogens is 286 g/mol. The van der Waals surface area contributed by atoms with Gasteiger partial charge in [0.2, 0.25) is 0 Å². The highest BCUT2D eigenvalue weighted by Gasteiger charge is 2.32. The van der Waals surface area contributed by atoms with Gasteiger partial charge in [0, 0.05) is 13.6 Å². The van der Waals surface area contributed by atoms with Crippen LogP contribution >= 0.6 is 11.6 Å². The number of likely N-dealkylation sites (tertiary alicyclic amines) is 1. The lowest BCUT2D eigenvalue weighted by Crippen LogP contribution is -2.32. The minimum Gasteiger partial charge on any atom is -0.330 e. The molecule has 1 amide bonds. The molecule has 2 heterocycles. The summed E-state index contributed by atoms with van der Waals surface area (Å²) in [6.07, 6.45) is 3.52. The molecule has 0 unspecified atom stereocenters. The van der Waals surface area contributed by atoms with Gasteiger partial charge >= 0.3 is 0 Å². The first-order chi connectivity index (χ1) is 10.1. The third-order valence-electron chi connectivity index (χ3n) is 4.04. The van der Waals surface area contributed by atoms with Crippen LogP contribution in [-0.4, -0.2) is 27.1 Å². The third-order valence-corrected chi connectivity index (χ3v) is 4.31. The van der Waals surface area contributed by atoms with Crippen molar-refractivity contribution in [1.29, 1.82) is 0 Å². The van der Waals surface area contributed by atoms with Crippen LogP contribution in [0.25, 0.3) is 0 Å². The molecule has 1 aliphatic heterocycles. The molecule has 1 aromatic heterocycles. The van der Waals surface area contributed by atoms with Crippen molar-refractivity contribution in [2.45, 2.75) is 25.8 Å². The van der Waals surface area contributed by atoms with Gasteiger partial charge in [-0.25, -0.2) is 0 Å². The van der Waals surface area contributed by atoms with Crippen molar-refractivity contribution >= 4 is 17.5 Å². The van der Waals surface area contributed by atoms with Crippen LogP contribution in [0, 0.1) is 6.92 Å². The van der Waals surface area contributed by atoms with E-state index in [1.807, 2.05) is 11.0 Å². The Hall–Kier alpha value is -1.81. The Balaban J connectivity index is 1.93. The number of carbonyl (C=O) groups excluding carboxylic acids is 1. The Morgan fingerprint density at radius 2 is 2.24 bits per heavy atom. The van der Waals surface area contributed by atoms with Gasteiger partial charge in [-0.3, -0.25) is 9.48 Å². The van der Waals surface area contributed by atoms with E-state index in [2.05, 4.69) is 30.2 Å². The lowest BCUT2D eigenvalue weighted by molar-refractivity contribution is 0.0724. The number of nitrogens with zero attached hydrogens (tertiary/aromatic N) is 3. The molecule has 0 bridgehead atoms. The second kappa shape index (κ2) is 5.53. The van der Waals surface area contributed by atoms with Gasteiger partial charge in [0.25, 0.3) is 5.91 Å². The van der Waals surface area contributed by atoms with Gasteiger partial charge in [0.05, 0.1) is 17.3 Å². The Morgan fingerprint density at radius 1 is 1.43 bits per heavy atom. The second-order valence-corrected chi connectivity index (χ2v) is 5.94. The standard InChI is InChI=1S/C16H18ClN3O/c1-11-5-3-6-12(9-11)14-7-4-8-20(14)16(21)15-13(17)10-18-19(15)2/h3,5-6,9-10,14H,4,7-8H2,1-2H3/t14-/m1/s1. The molecule has 2 aromatic rings. The highest BCUT2D eigenvalue weighted by molar-refractivity contribution is 6.33. The summed E-state index contributed by atoms with van der Waals surface area (Å²) in [6.45, 7) is 2.83. The predicted octanol–water partition coefficient (Wildman–Crippen LogP) is 3.36. The summed E-state index contributed by atoms with van der Waals surface area (Å²) in [5, 5.41) is 4.47. The molecule has 1 atom stereocenters. The SMILES string of the molecule is Cc1cccc([C@H]2CCCN2C(=O)c2c(Cl)cnn2C)c1. The van der Waals surface area contributed by atoms with Gasteiger partial charge in [0.1, 0.15) is 5.69 Å². The van der Waals surface area contributed by atoms with Crippen molar-refractivity contribution in [3.63, 3.8) is 0 Å². The number of carbonyl (C=O) groups is 1. The molecule has 0 radical (unpaired) electrons. The maximum Gasteiger partial charge on any atom is 0.274 e. The van der Waals surface area contributed by atoms with E-state index in [-0.39, 0.29) is 11.9 Å². The van der Waals surface area contributed by atoms with Gasteiger partial charge < -0.3 is 4.90 Å². The van der Waals surface area contributed by atoms with Crippen LogP contribution in [0.1, 0.15) is 40.5 Å². The van der Waals surface area contributed by atoms with Crippen molar-refractivity contribution in [2.75, 3.05) is 6.54 Å². The van der Waals surface area contributed by atoms with Crippen LogP contribution in [0.3, 0.4) is 0 Å². The van der Waals surface area contributed by atoms with Crippen LogP contribution < -0.4 is 0 Å². The fourth-order valence-electron chi connectivity index (χ4n) is 3.02. The lowest BCUT2D eigenvalue weighted by atomic mass is 10.0. The number of rotatable bonds is 2. The molecule has 4 nitrogen and oxygen atoms in total. The predicted molar refractivity (Wildman–Crippen MR) is 82.4 cm³/mol. The van der Waals surface area contributed by atoms with E-state index in [0.29, 0.717) is 10.7 Å². The third kappa shape index (κ3) is 2.56. The van der Waals surface area contributed by atoms with E-state index < -0.39 is 0 Å². The number of aryl methyl sites for hydroxylation is 2. The largest absolute Gasteiger partial charge is 0.330 e. The summed E-state index contributed by atoms with van der Waals surface area (Å²) in [5.41, 5.74) is 2.88. The summed E-state index contributed by atoms with van der Waals surface area (Å²) < 4.78 is 1.55. The fourth-order valence-corrected chi connectivity index (χ4v) is 3.27. The minimum absolute atomic E-state index is 0.0380. The maximum atomic E-state index is 12.8. The average molecular weight is 304 g/mol. The average Bonchev–Trinajstić information content (AvgIpc) is 3.05. The molecule has 3 rings (SSSR count). The Morgan fingerprint density at radius 3 is 2.90 bits per heavy atom. The molecule has 0 N–H and O–H groups in total. The van der Waals surface area contributed by atoms with E-state index in [9.17, 15) is 4.79 Å². The summed E-state index contributed by atoms with van der Waals surface area (Å²) in [7, 11) is 1.75. The Labute approximate surface area is 129 Å². The molecule has 0 spiro atoms. The Kier molecular flexibility index (Phi) is 3.72. The molecule has 110 valence electrons. The summed E-state index contributed by atoms with van der Waals surface area (Å²) in [5.74, 6) is -0.0380. The quantitative estimate of drug-likeness (QED) is 0.853. The van der Waals surface area contributed by atoms with Crippen LogP contribution in [0.5, 0.6) is 0 Å². The van der Waals surface area contributed by atoms with Crippen molar-refractivity contribution in [2.24, 2.45) is 7.05 Å². The number of amides is 1. The maximum absolute atomic E-state index is 12.8. The van der Waals surface area contributed by atoms with E-state index >= 15 is 0 Å². The number of hydrogen-bond donors (Lipinski definition) is 0. The first kappa shape index (κ1) is 14.1. The van der Waals surface area contributed by atoms with Gasteiger partial charge in [-0.05, 0) is 25.3 Å². The first-order valence-corrected chi connectivity index (χ1v) is 7.51. The van der Waals surface area contributed by atoms with Gasteiger partial charge in [-0.15, -0.1) is 0 Å². The normalized spacial score (nSPS) is 18.2. The second-order valence-electron chi connectivity index (χ2n) is 5.54. The van der Waals surface area contributed by atoms with E-state index in [0.717, 1.165) is 19.4 Å². The van der Waals surface area contributed by atoms with Gasteiger partial charge in [0.15, 0.2) is 0 Å². The van der Waals surface area contributed by atoms with E-state index in [1.165, 1.54) is 17.3 Å². The highest BCUT2D eigenvalue weighted by atomic mass is 35.5. The van der Waals surface area contributed by atoms with Crippen molar-refractivity contribution < 1.29 is 4.79 Å². The highest BCUT2D eigenvalue weighted by Crippen LogP contribution is 2.34. The fraction of sp³-hybridized carbons (Fsp3) is 0.375. The molecule has 1 aliphatic rings. The summed E-state index contributed by atoms with van der Waals surface area (Å²) in [6, 6.07) is 8.49. The number of aromatic nitrogens is 2. The summed E-state index contributed by atoms with van der Waals surface area (Å²) >= 11 is 6.11. The number of halogens is 1. The summed E-state index contributed by atoms with van der Waals surface area (Å²) in [4.78, 5) is 14.7. The molecule has 0 aliphatic carbocycles. The van der Waals surface area contributed by atoms with Gasteiger partial charge in [-0.2, -0.15) is 5.10 Å². The smallest absolute Gasteiger partial charge is 0.274 e. The molecular formula is C16H18ClN3O. The number of benzene rings is 1. The zero-order chi connectivity index (χ0) is 15.0. The minimum atomic E-state index is -0.0380. The van der Waals surface area contributed by atoms with Crippen molar-refractivity contribution in [1.82, 2.24) is 14.7 Å². The Bertz CT molecular complexity index is 660. The molecule has 1 aromatic carbocycles. The van der Waals surface area contributed by atoms with E-state index in [4.69, 9.17) is 11.6 Å².